The highest BCUT2D eigenvalue weighted by Gasteiger charge is 2.65. The molecule has 208 valence electrons. The molecule has 0 radical (unpaired) electrons. The first-order valence-electron chi connectivity index (χ1n) is 13.4. The highest BCUT2D eigenvalue weighted by molar-refractivity contribution is 6.71. The van der Waals surface area contributed by atoms with Crippen LogP contribution in [-0.4, -0.2) is 66.1 Å². The van der Waals surface area contributed by atoms with E-state index >= 15 is 0 Å². The Morgan fingerprint density at radius 1 is 1.23 bits per heavy atom. The number of nitrogens with zero attached hydrogens (tertiary/aromatic N) is 1. The number of anilines is 3. The van der Waals surface area contributed by atoms with Crippen LogP contribution >= 0.6 is 0 Å². The molecule has 0 aliphatic carbocycles. The van der Waals surface area contributed by atoms with Gasteiger partial charge in [0.1, 0.15) is 0 Å². The van der Waals surface area contributed by atoms with Gasteiger partial charge >= 0.3 is 0 Å². The standard InChI is InChI=1S/C28H36N4O6Si/c1-16-25(39(2,3)37)23(14-24(34)32-12-4-5-20(32)15-33)38-28(16)21-13-19(10-11-22(21)31-27(28)36)30-26(35)17-6-8-18(29)9-7-17/h6-11,13,16,20,23,25,33,37H,4-5,12,14-15,29H2,1-3H3,(H,30,35)(H,31,36)/t16-,20-,23+,25-,28+/m0/s1. The van der Waals surface area contributed by atoms with E-state index in [9.17, 15) is 24.3 Å². The number of hydrogen-bond acceptors (Lipinski definition) is 7. The molecule has 5 atom stereocenters. The van der Waals surface area contributed by atoms with Gasteiger partial charge in [-0.3, -0.25) is 14.4 Å². The van der Waals surface area contributed by atoms with Gasteiger partial charge in [-0.2, -0.15) is 0 Å². The van der Waals surface area contributed by atoms with Crippen LogP contribution in [0.3, 0.4) is 0 Å². The molecule has 0 saturated carbocycles. The Morgan fingerprint density at radius 3 is 2.62 bits per heavy atom. The second-order valence-corrected chi connectivity index (χ2v) is 15.4. The van der Waals surface area contributed by atoms with Crippen molar-refractivity contribution in [3.8, 4) is 0 Å². The van der Waals surface area contributed by atoms with Crippen LogP contribution in [-0.2, 0) is 19.9 Å². The molecule has 2 aromatic rings. The number of likely N-dealkylation sites (tertiary alicyclic amines) is 1. The summed E-state index contributed by atoms with van der Waals surface area (Å²) in [5.74, 6) is -1.25. The van der Waals surface area contributed by atoms with E-state index in [0.717, 1.165) is 12.8 Å². The third-order valence-electron chi connectivity index (χ3n) is 8.45. The number of amides is 3. The van der Waals surface area contributed by atoms with Gasteiger partial charge in [-0.25, -0.2) is 0 Å². The molecule has 0 bridgehead atoms. The van der Waals surface area contributed by atoms with Crippen molar-refractivity contribution in [2.75, 3.05) is 29.5 Å². The molecular weight excluding hydrogens is 516 g/mol. The normalized spacial score (nSPS) is 28.0. The molecule has 2 aromatic carbocycles. The summed E-state index contributed by atoms with van der Waals surface area (Å²) < 4.78 is 6.58. The maximum Gasteiger partial charge on any atom is 0.261 e. The molecule has 6 N–H and O–H groups in total. The van der Waals surface area contributed by atoms with E-state index in [4.69, 9.17) is 10.5 Å². The Kier molecular flexibility index (Phi) is 7.04. The summed E-state index contributed by atoms with van der Waals surface area (Å²) in [5, 5.41) is 15.5. The van der Waals surface area contributed by atoms with E-state index in [1.807, 2.05) is 6.92 Å². The van der Waals surface area contributed by atoms with Crippen molar-refractivity contribution < 1.29 is 29.0 Å². The summed E-state index contributed by atoms with van der Waals surface area (Å²) in [4.78, 5) is 52.8. The number of carbonyl (C=O) groups excluding carboxylic acids is 3. The van der Waals surface area contributed by atoms with Crippen LogP contribution in [0.15, 0.2) is 42.5 Å². The van der Waals surface area contributed by atoms with Crippen LogP contribution < -0.4 is 16.4 Å². The van der Waals surface area contributed by atoms with Crippen LogP contribution in [0.5, 0.6) is 0 Å². The van der Waals surface area contributed by atoms with Gasteiger partial charge in [-0.1, -0.05) is 6.92 Å². The lowest BCUT2D eigenvalue weighted by molar-refractivity contribution is -0.148. The monoisotopic (exact) mass is 552 g/mol. The summed E-state index contributed by atoms with van der Waals surface area (Å²) in [6.07, 6.45) is 0.912. The molecule has 2 saturated heterocycles. The lowest BCUT2D eigenvalue weighted by Gasteiger charge is -2.32. The number of ether oxygens (including phenoxy) is 1. The molecule has 3 heterocycles. The summed E-state index contributed by atoms with van der Waals surface area (Å²) in [7, 11) is -2.92. The van der Waals surface area contributed by atoms with Crippen molar-refractivity contribution in [1.29, 1.82) is 0 Å². The van der Waals surface area contributed by atoms with Gasteiger partial charge in [0.2, 0.25) is 5.91 Å². The number of carbonyl (C=O) groups is 3. The number of nitrogens with one attached hydrogen (secondary N) is 2. The molecule has 3 amide bonds. The van der Waals surface area contributed by atoms with Gasteiger partial charge in [0.15, 0.2) is 13.9 Å². The van der Waals surface area contributed by atoms with Gasteiger partial charge in [0.25, 0.3) is 11.8 Å². The first-order valence-corrected chi connectivity index (χ1v) is 16.4. The summed E-state index contributed by atoms with van der Waals surface area (Å²) in [6.45, 7) is 5.97. The topological polar surface area (TPSA) is 154 Å². The number of aliphatic hydroxyl groups is 1. The number of aliphatic hydroxyl groups excluding tert-OH is 1. The van der Waals surface area contributed by atoms with Crippen LogP contribution in [0, 0.1) is 5.92 Å². The predicted octanol–water partition coefficient (Wildman–Crippen LogP) is 2.64. The Hall–Kier alpha value is -3.25. The van der Waals surface area contributed by atoms with Crippen LogP contribution in [0.4, 0.5) is 17.1 Å². The van der Waals surface area contributed by atoms with E-state index in [0.29, 0.717) is 34.7 Å². The molecule has 2 fully saturated rings. The second kappa shape index (κ2) is 10.1. The van der Waals surface area contributed by atoms with Crippen molar-refractivity contribution in [1.82, 2.24) is 4.90 Å². The molecule has 0 unspecified atom stereocenters. The summed E-state index contributed by atoms with van der Waals surface area (Å²) in [6, 6.07) is 11.5. The fourth-order valence-corrected chi connectivity index (χ4v) is 9.21. The highest BCUT2D eigenvalue weighted by atomic mass is 28.4. The molecular formula is C28H36N4O6Si. The zero-order valence-corrected chi connectivity index (χ0v) is 23.4. The van der Waals surface area contributed by atoms with Crippen molar-refractivity contribution in [2.45, 2.75) is 62.6 Å². The molecule has 1 spiro atoms. The SMILES string of the molecule is C[C@H]1[C@H]([Si](C)(C)O)[C@@H](CC(=O)N2CCC[C@H]2CO)O[C@]12C(=O)Nc1ccc(NC(=O)c3ccc(N)cc3)cc12. The summed E-state index contributed by atoms with van der Waals surface area (Å²) >= 11 is 0. The maximum absolute atomic E-state index is 13.6. The largest absolute Gasteiger partial charge is 0.432 e. The van der Waals surface area contributed by atoms with Gasteiger partial charge < -0.3 is 35.9 Å². The third kappa shape index (κ3) is 4.73. The van der Waals surface area contributed by atoms with Crippen LogP contribution in [0.2, 0.25) is 18.6 Å². The lowest BCUT2D eigenvalue weighted by atomic mass is 9.82. The van der Waals surface area contributed by atoms with E-state index < -0.39 is 31.5 Å². The smallest absolute Gasteiger partial charge is 0.261 e. The number of nitrogen functional groups attached to an aromatic ring is 1. The minimum atomic E-state index is -2.92. The van der Waals surface area contributed by atoms with Gasteiger partial charge in [0.05, 0.1) is 25.2 Å². The number of nitrogens with two attached hydrogens (primary N) is 1. The zero-order valence-electron chi connectivity index (χ0n) is 22.4. The minimum absolute atomic E-state index is 0.0143. The van der Waals surface area contributed by atoms with Gasteiger partial charge in [0, 0.05) is 46.2 Å². The molecule has 10 nitrogen and oxygen atoms in total. The van der Waals surface area contributed by atoms with Crippen molar-refractivity contribution in [3.05, 3.63) is 53.6 Å². The van der Waals surface area contributed by atoms with E-state index in [-0.39, 0.29) is 36.8 Å². The lowest BCUT2D eigenvalue weighted by Crippen LogP contribution is -2.44. The van der Waals surface area contributed by atoms with E-state index in [1.54, 1.807) is 60.5 Å². The Labute approximate surface area is 228 Å². The number of benzene rings is 2. The highest BCUT2D eigenvalue weighted by Crippen LogP contribution is 2.58. The average molecular weight is 553 g/mol. The van der Waals surface area contributed by atoms with Crippen LogP contribution in [0.1, 0.15) is 42.1 Å². The Bertz CT molecular complexity index is 1300. The van der Waals surface area contributed by atoms with E-state index in [2.05, 4.69) is 10.6 Å². The van der Waals surface area contributed by atoms with Crippen LogP contribution in [0.25, 0.3) is 0 Å². The first kappa shape index (κ1) is 27.3. The zero-order chi connectivity index (χ0) is 28.1. The van der Waals surface area contributed by atoms with E-state index in [1.165, 1.54) is 0 Å². The first-order chi connectivity index (χ1) is 18.5. The fraction of sp³-hybridized carbons (Fsp3) is 0.464. The molecule has 5 rings (SSSR count). The second-order valence-electron chi connectivity index (χ2n) is 11.4. The Balaban J connectivity index is 1.46. The molecule has 3 aliphatic heterocycles. The number of fused-ring (bicyclic) bond motifs is 2. The summed E-state index contributed by atoms with van der Waals surface area (Å²) in [5.41, 5.74) is 6.54. The van der Waals surface area contributed by atoms with Gasteiger partial charge in [-0.15, -0.1) is 0 Å². The molecule has 11 heteroatoms. The quantitative estimate of drug-likeness (QED) is 0.273. The Morgan fingerprint density at radius 2 is 1.95 bits per heavy atom. The predicted molar refractivity (Wildman–Crippen MR) is 149 cm³/mol. The molecule has 0 aromatic heterocycles. The molecule has 39 heavy (non-hydrogen) atoms. The number of hydrogen-bond donors (Lipinski definition) is 5. The van der Waals surface area contributed by atoms with Gasteiger partial charge in [-0.05, 0) is 68.4 Å². The third-order valence-corrected chi connectivity index (χ3v) is 11.0. The minimum Gasteiger partial charge on any atom is -0.432 e. The number of rotatable bonds is 6. The maximum atomic E-state index is 13.6. The molecule has 3 aliphatic rings. The van der Waals surface area contributed by atoms with Crippen molar-refractivity contribution in [3.63, 3.8) is 0 Å². The van der Waals surface area contributed by atoms with Crippen molar-refractivity contribution in [2.24, 2.45) is 5.92 Å². The van der Waals surface area contributed by atoms with Crippen molar-refractivity contribution >= 4 is 43.1 Å². The fourth-order valence-electron chi connectivity index (χ4n) is 6.66. The average Bonchev–Trinajstić information content (AvgIpc) is 3.55.